The Balaban J connectivity index is 1.63. The third-order valence-electron chi connectivity index (χ3n) is 4.11. The summed E-state index contributed by atoms with van der Waals surface area (Å²) in [7, 11) is 0. The molecule has 0 aliphatic heterocycles. The van der Waals surface area contributed by atoms with Crippen LogP contribution in [-0.4, -0.2) is 10.8 Å². The van der Waals surface area contributed by atoms with Crippen LogP contribution in [0.25, 0.3) is 0 Å². The smallest absolute Gasteiger partial charge is 0.142 e. The third kappa shape index (κ3) is 1.77. The van der Waals surface area contributed by atoms with E-state index in [2.05, 4.69) is 4.98 Å². The van der Waals surface area contributed by atoms with Gasteiger partial charge in [-0.2, -0.15) is 0 Å². The van der Waals surface area contributed by atoms with Crippen LogP contribution in [0.15, 0.2) is 24.4 Å². The van der Waals surface area contributed by atoms with E-state index < -0.39 is 0 Å². The Morgan fingerprint density at radius 1 is 1.25 bits per heavy atom. The molecule has 84 valence electrons. The standard InChI is InChI=1S/C14H17NO/c16-13(9-10-5-3-4-8-15-10)14-11-6-1-2-7-12(11)14/h3-5,8,11-12,14H,1-2,6-7,9H2. The molecule has 2 heteroatoms. The van der Waals surface area contributed by atoms with Gasteiger partial charge in [0.05, 0.1) is 0 Å². The van der Waals surface area contributed by atoms with Crippen LogP contribution in [0, 0.1) is 17.8 Å². The maximum Gasteiger partial charge on any atom is 0.142 e. The number of ketones is 1. The Hall–Kier alpha value is -1.18. The molecule has 0 aromatic carbocycles. The second-order valence-electron chi connectivity index (χ2n) is 5.10. The van der Waals surface area contributed by atoms with Crippen molar-refractivity contribution in [2.24, 2.45) is 17.8 Å². The first-order valence-electron chi connectivity index (χ1n) is 6.29. The molecule has 0 bridgehead atoms. The predicted octanol–water partition coefficient (Wildman–Crippen LogP) is 2.63. The van der Waals surface area contributed by atoms with Crippen LogP contribution < -0.4 is 0 Å². The number of hydrogen-bond donors (Lipinski definition) is 0. The highest BCUT2D eigenvalue weighted by molar-refractivity contribution is 5.86. The number of Topliss-reactive ketones (excluding diaryl/α,β-unsaturated/α-hetero) is 1. The summed E-state index contributed by atoms with van der Waals surface area (Å²) in [5, 5.41) is 0. The van der Waals surface area contributed by atoms with Crippen molar-refractivity contribution in [3.05, 3.63) is 30.1 Å². The highest BCUT2D eigenvalue weighted by Crippen LogP contribution is 2.55. The van der Waals surface area contributed by atoms with Crippen molar-refractivity contribution in [2.45, 2.75) is 32.1 Å². The number of aromatic nitrogens is 1. The van der Waals surface area contributed by atoms with Crippen molar-refractivity contribution in [1.29, 1.82) is 0 Å². The van der Waals surface area contributed by atoms with E-state index in [-0.39, 0.29) is 0 Å². The van der Waals surface area contributed by atoms with Crippen LogP contribution in [0.1, 0.15) is 31.4 Å². The molecular weight excluding hydrogens is 198 g/mol. The number of carbonyl (C=O) groups excluding carboxylic acids is 1. The van der Waals surface area contributed by atoms with Gasteiger partial charge in [0.2, 0.25) is 0 Å². The van der Waals surface area contributed by atoms with Crippen molar-refractivity contribution in [3.63, 3.8) is 0 Å². The van der Waals surface area contributed by atoms with E-state index in [0.717, 1.165) is 17.5 Å². The summed E-state index contributed by atoms with van der Waals surface area (Å²) < 4.78 is 0. The molecule has 16 heavy (non-hydrogen) atoms. The molecule has 0 N–H and O–H groups in total. The molecule has 2 aliphatic rings. The molecule has 1 aromatic rings. The van der Waals surface area contributed by atoms with E-state index in [1.807, 2.05) is 18.2 Å². The second kappa shape index (κ2) is 4.00. The van der Waals surface area contributed by atoms with Crippen LogP contribution in [0.5, 0.6) is 0 Å². The van der Waals surface area contributed by atoms with Crippen molar-refractivity contribution in [2.75, 3.05) is 0 Å². The fourth-order valence-electron chi connectivity index (χ4n) is 3.27. The van der Waals surface area contributed by atoms with Gasteiger partial charge in [-0.05, 0) is 36.8 Å². The van der Waals surface area contributed by atoms with Gasteiger partial charge in [-0.25, -0.2) is 0 Å². The lowest BCUT2D eigenvalue weighted by Crippen LogP contribution is -2.08. The number of rotatable bonds is 3. The molecule has 2 unspecified atom stereocenters. The molecule has 2 nitrogen and oxygen atoms in total. The SMILES string of the molecule is O=C(Cc1ccccn1)C1C2CCCCC21. The number of carbonyl (C=O) groups is 1. The molecule has 0 amide bonds. The minimum Gasteiger partial charge on any atom is -0.299 e. The Bertz CT molecular complexity index is 375. The topological polar surface area (TPSA) is 30.0 Å². The summed E-state index contributed by atoms with van der Waals surface area (Å²) in [6.07, 6.45) is 7.52. The second-order valence-corrected chi connectivity index (χ2v) is 5.10. The lowest BCUT2D eigenvalue weighted by atomic mass is 10.0. The summed E-state index contributed by atoms with van der Waals surface area (Å²) in [6, 6.07) is 5.80. The molecule has 0 spiro atoms. The zero-order valence-corrected chi connectivity index (χ0v) is 9.43. The van der Waals surface area contributed by atoms with Crippen molar-refractivity contribution in [1.82, 2.24) is 4.98 Å². The zero-order valence-electron chi connectivity index (χ0n) is 9.43. The van der Waals surface area contributed by atoms with E-state index in [4.69, 9.17) is 0 Å². The lowest BCUT2D eigenvalue weighted by Gasteiger charge is -2.04. The maximum absolute atomic E-state index is 12.1. The largest absolute Gasteiger partial charge is 0.299 e. The fourth-order valence-corrected chi connectivity index (χ4v) is 3.27. The summed E-state index contributed by atoms with van der Waals surface area (Å²) in [4.78, 5) is 16.3. The Morgan fingerprint density at radius 3 is 2.62 bits per heavy atom. The number of nitrogens with zero attached hydrogens (tertiary/aromatic N) is 1. The number of pyridine rings is 1. The summed E-state index contributed by atoms with van der Waals surface area (Å²) in [5.41, 5.74) is 0.927. The molecule has 2 aliphatic carbocycles. The summed E-state index contributed by atoms with van der Waals surface area (Å²) in [6.45, 7) is 0. The molecule has 2 fully saturated rings. The summed E-state index contributed by atoms with van der Waals surface area (Å²) in [5.74, 6) is 2.26. The number of fused-ring (bicyclic) bond motifs is 1. The van der Waals surface area contributed by atoms with Crippen LogP contribution in [0.2, 0.25) is 0 Å². The average Bonchev–Trinajstić information content (AvgIpc) is 3.04. The fraction of sp³-hybridized carbons (Fsp3) is 0.571. The van der Waals surface area contributed by atoms with Gasteiger partial charge in [0, 0.05) is 24.2 Å². The Labute approximate surface area is 96.1 Å². The molecule has 1 aromatic heterocycles. The van der Waals surface area contributed by atoms with Crippen LogP contribution >= 0.6 is 0 Å². The Kier molecular flexibility index (Phi) is 2.50. The van der Waals surface area contributed by atoms with Crippen LogP contribution in [0.4, 0.5) is 0 Å². The van der Waals surface area contributed by atoms with Gasteiger partial charge in [-0.15, -0.1) is 0 Å². The molecule has 1 heterocycles. The van der Waals surface area contributed by atoms with Gasteiger partial charge in [-0.1, -0.05) is 18.9 Å². The highest BCUT2D eigenvalue weighted by atomic mass is 16.1. The van der Waals surface area contributed by atoms with Gasteiger partial charge >= 0.3 is 0 Å². The minimum atomic E-state index is 0.379. The van der Waals surface area contributed by atoms with E-state index in [1.54, 1.807) is 6.20 Å². The van der Waals surface area contributed by atoms with Crippen LogP contribution in [-0.2, 0) is 11.2 Å². The van der Waals surface area contributed by atoms with Crippen LogP contribution in [0.3, 0.4) is 0 Å². The first kappa shape index (κ1) is 10.0. The Morgan fingerprint density at radius 2 is 2.00 bits per heavy atom. The first-order chi connectivity index (χ1) is 7.86. The quantitative estimate of drug-likeness (QED) is 0.775. The van der Waals surface area contributed by atoms with E-state index in [0.29, 0.717) is 18.1 Å². The normalized spacial score (nSPS) is 31.9. The molecular formula is C14H17NO. The third-order valence-corrected chi connectivity index (χ3v) is 4.11. The van der Waals surface area contributed by atoms with E-state index in [1.165, 1.54) is 25.7 Å². The minimum absolute atomic E-state index is 0.379. The van der Waals surface area contributed by atoms with E-state index >= 15 is 0 Å². The van der Waals surface area contributed by atoms with Gasteiger partial charge in [0.1, 0.15) is 5.78 Å². The van der Waals surface area contributed by atoms with E-state index in [9.17, 15) is 4.79 Å². The first-order valence-corrected chi connectivity index (χ1v) is 6.29. The molecule has 0 radical (unpaired) electrons. The zero-order chi connectivity index (χ0) is 11.0. The van der Waals surface area contributed by atoms with Gasteiger partial charge in [0.15, 0.2) is 0 Å². The van der Waals surface area contributed by atoms with Gasteiger partial charge in [0.25, 0.3) is 0 Å². The van der Waals surface area contributed by atoms with Gasteiger partial charge < -0.3 is 0 Å². The van der Waals surface area contributed by atoms with Crippen molar-refractivity contribution in [3.8, 4) is 0 Å². The van der Waals surface area contributed by atoms with Crippen molar-refractivity contribution < 1.29 is 4.79 Å². The molecule has 0 saturated heterocycles. The monoisotopic (exact) mass is 215 g/mol. The lowest BCUT2D eigenvalue weighted by molar-refractivity contribution is -0.120. The maximum atomic E-state index is 12.1. The van der Waals surface area contributed by atoms with Gasteiger partial charge in [-0.3, -0.25) is 9.78 Å². The molecule has 2 atom stereocenters. The number of hydrogen-bond acceptors (Lipinski definition) is 2. The molecule has 3 rings (SSSR count). The molecule has 2 saturated carbocycles. The summed E-state index contributed by atoms with van der Waals surface area (Å²) >= 11 is 0. The van der Waals surface area contributed by atoms with Crippen molar-refractivity contribution >= 4 is 5.78 Å². The average molecular weight is 215 g/mol. The highest BCUT2D eigenvalue weighted by Gasteiger charge is 2.53. The predicted molar refractivity (Wildman–Crippen MR) is 61.9 cm³/mol.